The van der Waals surface area contributed by atoms with Crippen molar-refractivity contribution in [1.82, 2.24) is 10.2 Å². The molecule has 5 heteroatoms. The Kier molecular flexibility index (Phi) is 3.88. The molecule has 1 aromatic carbocycles. The number of halogens is 2. The Morgan fingerprint density at radius 2 is 2.00 bits per heavy atom. The minimum Gasteiger partial charge on any atom is -0.335 e. The summed E-state index contributed by atoms with van der Waals surface area (Å²) in [7, 11) is 0. The third kappa shape index (κ3) is 2.65. The van der Waals surface area contributed by atoms with E-state index in [9.17, 15) is 9.18 Å². The first-order valence-electron chi connectivity index (χ1n) is 5.98. The van der Waals surface area contributed by atoms with Crippen molar-refractivity contribution < 1.29 is 9.18 Å². The molecule has 0 aromatic heterocycles. The lowest BCUT2D eigenvalue weighted by atomic mass is 10.1. The topological polar surface area (TPSA) is 32.3 Å². The zero-order valence-electron chi connectivity index (χ0n) is 10.4. The Morgan fingerprint density at radius 3 is 2.61 bits per heavy atom. The predicted octanol–water partition coefficient (Wildman–Crippen LogP) is 2.30. The average molecular weight is 271 g/mol. The summed E-state index contributed by atoms with van der Waals surface area (Å²) in [6.45, 7) is 5.25. The van der Waals surface area contributed by atoms with Crippen LogP contribution in [0, 0.1) is 5.82 Å². The van der Waals surface area contributed by atoms with Gasteiger partial charge in [0.15, 0.2) is 0 Å². The molecule has 1 heterocycles. The summed E-state index contributed by atoms with van der Waals surface area (Å²) in [6.07, 6.45) is 0. The number of carbonyl (C=O) groups is 1. The van der Waals surface area contributed by atoms with Crippen LogP contribution < -0.4 is 5.32 Å². The fourth-order valence-electron chi connectivity index (χ4n) is 2.33. The van der Waals surface area contributed by atoms with Gasteiger partial charge in [-0.25, -0.2) is 4.39 Å². The van der Waals surface area contributed by atoms with Gasteiger partial charge in [-0.05, 0) is 26.0 Å². The van der Waals surface area contributed by atoms with E-state index >= 15 is 0 Å². The molecule has 0 bridgehead atoms. The summed E-state index contributed by atoms with van der Waals surface area (Å²) in [6, 6.07) is 4.77. The largest absolute Gasteiger partial charge is 0.335 e. The molecular weight excluding hydrogens is 255 g/mol. The van der Waals surface area contributed by atoms with Crippen LogP contribution in [0.15, 0.2) is 18.2 Å². The van der Waals surface area contributed by atoms with Gasteiger partial charge >= 0.3 is 0 Å². The normalized spacial score (nSPS) is 24.1. The minimum atomic E-state index is -0.557. The fraction of sp³-hybridized carbons (Fsp3) is 0.462. The summed E-state index contributed by atoms with van der Waals surface area (Å²) in [5.74, 6) is -0.765. The average Bonchev–Trinajstić information content (AvgIpc) is 2.30. The molecule has 1 amide bonds. The standard InChI is InChI=1S/C13H16ClFN2O/c1-8-6-17(7-9(2)16-8)13(18)10-4-3-5-11(15)12(10)14/h3-5,8-9,16H,6-7H2,1-2H3/t8-,9+. The molecule has 2 atom stereocenters. The molecule has 1 aliphatic heterocycles. The van der Waals surface area contributed by atoms with Gasteiger partial charge in [-0.2, -0.15) is 0 Å². The van der Waals surface area contributed by atoms with Crippen LogP contribution in [0.1, 0.15) is 24.2 Å². The highest BCUT2D eigenvalue weighted by atomic mass is 35.5. The molecule has 1 fully saturated rings. The lowest BCUT2D eigenvalue weighted by molar-refractivity contribution is 0.0673. The van der Waals surface area contributed by atoms with Gasteiger partial charge in [0.1, 0.15) is 5.82 Å². The summed E-state index contributed by atoms with van der Waals surface area (Å²) in [5.41, 5.74) is 0.234. The quantitative estimate of drug-likeness (QED) is 0.849. The van der Waals surface area contributed by atoms with E-state index in [1.54, 1.807) is 11.0 Å². The highest BCUT2D eigenvalue weighted by molar-refractivity contribution is 6.34. The highest BCUT2D eigenvalue weighted by Crippen LogP contribution is 2.22. The van der Waals surface area contributed by atoms with Crippen molar-refractivity contribution >= 4 is 17.5 Å². The van der Waals surface area contributed by atoms with Crippen molar-refractivity contribution in [3.05, 3.63) is 34.6 Å². The number of nitrogens with zero attached hydrogens (tertiary/aromatic N) is 1. The van der Waals surface area contributed by atoms with E-state index in [1.807, 2.05) is 13.8 Å². The first-order valence-corrected chi connectivity index (χ1v) is 6.36. The van der Waals surface area contributed by atoms with E-state index in [4.69, 9.17) is 11.6 Å². The van der Waals surface area contributed by atoms with Gasteiger partial charge < -0.3 is 10.2 Å². The Labute approximate surface area is 111 Å². The number of nitrogens with one attached hydrogen (secondary N) is 1. The van der Waals surface area contributed by atoms with Crippen molar-refractivity contribution in [2.75, 3.05) is 13.1 Å². The second-order valence-electron chi connectivity index (χ2n) is 4.78. The zero-order chi connectivity index (χ0) is 13.3. The third-order valence-corrected chi connectivity index (χ3v) is 3.41. The van der Waals surface area contributed by atoms with Gasteiger partial charge in [0, 0.05) is 25.2 Å². The lowest BCUT2D eigenvalue weighted by Gasteiger charge is -2.36. The number of hydrogen-bond acceptors (Lipinski definition) is 2. The van der Waals surface area contributed by atoms with Gasteiger partial charge in [-0.3, -0.25) is 4.79 Å². The molecule has 1 N–H and O–H groups in total. The molecule has 1 saturated heterocycles. The Bertz CT molecular complexity index is 456. The van der Waals surface area contributed by atoms with Crippen LogP contribution in [-0.4, -0.2) is 36.0 Å². The molecule has 0 saturated carbocycles. The van der Waals surface area contributed by atoms with Gasteiger partial charge in [-0.1, -0.05) is 17.7 Å². The van der Waals surface area contributed by atoms with Crippen LogP contribution in [0.2, 0.25) is 5.02 Å². The van der Waals surface area contributed by atoms with Crippen molar-refractivity contribution in [1.29, 1.82) is 0 Å². The Morgan fingerprint density at radius 1 is 1.39 bits per heavy atom. The van der Waals surface area contributed by atoms with Crippen LogP contribution in [0.3, 0.4) is 0 Å². The fourth-order valence-corrected chi connectivity index (χ4v) is 2.54. The van der Waals surface area contributed by atoms with Crippen LogP contribution >= 0.6 is 11.6 Å². The van der Waals surface area contributed by atoms with Crippen LogP contribution in [0.4, 0.5) is 4.39 Å². The van der Waals surface area contributed by atoms with E-state index in [2.05, 4.69) is 5.32 Å². The number of hydrogen-bond donors (Lipinski definition) is 1. The lowest BCUT2D eigenvalue weighted by Crippen LogP contribution is -2.55. The zero-order valence-corrected chi connectivity index (χ0v) is 11.2. The second kappa shape index (κ2) is 5.24. The van der Waals surface area contributed by atoms with E-state index in [0.717, 1.165) is 0 Å². The molecular formula is C13H16ClFN2O. The predicted molar refractivity (Wildman–Crippen MR) is 69.4 cm³/mol. The maximum absolute atomic E-state index is 13.3. The molecule has 0 unspecified atom stereocenters. The van der Waals surface area contributed by atoms with E-state index < -0.39 is 5.82 Å². The van der Waals surface area contributed by atoms with Crippen molar-refractivity contribution in [2.45, 2.75) is 25.9 Å². The first kappa shape index (κ1) is 13.3. The van der Waals surface area contributed by atoms with Crippen LogP contribution in [-0.2, 0) is 0 Å². The van der Waals surface area contributed by atoms with Crippen molar-refractivity contribution in [3.63, 3.8) is 0 Å². The van der Waals surface area contributed by atoms with Gasteiger partial charge in [0.25, 0.3) is 5.91 Å². The van der Waals surface area contributed by atoms with Gasteiger partial charge in [0.2, 0.25) is 0 Å². The van der Waals surface area contributed by atoms with Crippen LogP contribution in [0.5, 0.6) is 0 Å². The molecule has 98 valence electrons. The summed E-state index contributed by atoms with van der Waals surface area (Å²) in [5, 5.41) is 3.24. The summed E-state index contributed by atoms with van der Waals surface area (Å²) in [4.78, 5) is 14.0. The van der Waals surface area contributed by atoms with Gasteiger partial charge in [-0.15, -0.1) is 0 Å². The molecule has 3 nitrogen and oxygen atoms in total. The monoisotopic (exact) mass is 270 g/mol. The number of benzene rings is 1. The molecule has 1 aromatic rings. The van der Waals surface area contributed by atoms with Gasteiger partial charge in [0.05, 0.1) is 10.6 Å². The first-order chi connectivity index (χ1) is 8.49. The number of piperazine rings is 1. The third-order valence-electron chi connectivity index (χ3n) is 3.03. The SMILES string of the molecule is C[C@@H]1CN(C(=O)c2cccc(F)c2Cl)C[C@H](C)N1. The van der Waals surface area contributed by atoms with Crippen molar-refractivity contribution in [3.8, 4) is 0 Å². The van der Waals surface area contributed by atoms with E-state index in [1.165, 1.54) is 12.1 Å². The number of carbonyl (C=O) groups excluding carboxylic acids is 1. The Balaban J connectivity index is 2.23. The molecule has 18 heavy (non-hydrogen) atoms. The van der Waals surface area contributed by atoms with E-state index in [0.29, 0.717) is 13.1 Å². The van der Waals surface area contributed by atoms with E-state index in [-0.39, 0.29) is 28.6 Å². The molecule has 0 aliphatic carbocycles. The molecule has 2 rings (SSSR count). The smallest absolute Gasteiger partial charge is 0.255 e. The van der Waals surface area contributed by atoms with Crippen LogP contribution in [0.25, 0.3) is 0 Å². The maximum Gasteiger partial charge on any atom is 0.255 e. The number of rotatable bonds is 1. The maximum atomic E-state index is 13.3. The molecule has 1 aliphatic rings. The second-order valence-corrected chi connectivity index (χ2v) is 5.16. The molecule has 0 spiro atoms. The van der Waals surface area contributed by atoms with Crippen molar-refractivity contribution in [2.24, 2.45) is 0 Å². The Hall–Kier alpha value is -1.13. The minimum absolute atomic E-state index is 0.0960. The highest BCUT2D eigenvalue weighted by Gasteiger charge is 2.27. The number of amides is 1. The summed E-state index contributed by atoms with van der Waals surface area (Å²) >= 11 is 5.84. The molecule has 0 radical (unpaired) electrons. The summed E-state index contributed by atoms with van der Waals surface area (Å²) < 4.78 is 13.3.